The third kappa shape index (κ3) is 3.62. The predicted octanol–water partition coefficient (Wildman–Crippen LogP) is 3.14. The molecule has 25 heavy (non-hydrogen) atoms. The molecule has 128 valence electrons. The first-order chi connectivity index (χ1) is 12.2. The van der Waals surface area contributed by atoms with Crippen LogP contribution in [0.1, 0.15) is 5.69 Å². The van der Waals surface area contributed by atoms with Crippen LogP contribution in [0.3, 0.4) is 0 Å². The molecular weight excluding hydrogens is 352 g/mol. The van der Waals surface area contributed by atoms with Crippen molar-refractivity contribution in [2.75, 3.05) is 29.5 Å². The van der Waals surface area contributed by atoms with Gasteiger partial charge in [0.1, 0.15) is 10.7 Å². The van der Waals surface area contributed by atoms with E-state index in [1.807, 2.05) is 25.3 Å². The summed E-state index contributed by atoms with van der Waals surface area (Å²) < 4.78 is 11.5. The number of hydrogen-bond acceptors (Lipinski definition) is 6. The normalized spacial score (nSPS) is 15.5. The summed E-state index contributed by atoms with van der Waals surface area (Å²) in [4.78, 5) is 7.90. The molecule has 0 aliphatic carbocycles. The Labute approximate surface area is 153 Å². The van der Waals surface area contributed by atoms with E-state index < -0.39 is 10.8 Å². The van der Waals surface area contributed by atoms with Crippen molar-refractivity contribution < 1.29 is 4.21 Å². The van der Waals surface area contributed by atoms with Gasteiger partial charge in [-0.1, -0.05) is 12.1 Å². The Balaban J connectivity index is 1.52. The van der Waals surface area contributed by atoms with Crippen LogP contribution >= 0.6 is 11.3 Å². The number of thiazole rings is 1. The second kappa shape index (κ2) is 7.01. The summed E-state index contributed by atoms with van der Waals surface area (Å²) in [7, 11) is -0.645. The van der Waals surface area contributed by atoms with Crippen molar-refractivity contribution in [1.82, 2.24) is 15.2 Å². The molecule has 3 aromatic rings. The Hall–Kier alpha value is -2.12. The van der Waals surface area contributed by atoms with E-state index in [9.17, 15) is 4.21 Å². The van der Waals surface area contributed by atoms with Crippen LogP contribution in [0.4, 0.5) is 5.69 Å². The molecule has 0 atom stereocenters. The summed E-state index contributed by atoms with van der Waals surface area (Å²) in [6, 6.07) is 12.4. The monoisotopic (exact) mass is 370 g/mol. The number of benzene rings is 1. The van der Waals surface area contributed by atoms with Gasteiger partial charge >= 0.3 is 0 Å². The van der Waals surface area contributed by atoms with Gasteiger partial charge in [-0.25, -0.2) is 4.98 Å². The SMILES string of the molecule is Cc1ccc(-c2ncc(-c3ccc(N4CCS(=O)CC4)cc3)s2)nn1. The molecule has 5 nitrogen and oxygen atoms in total. The number of rotatable bonds is 3. The lowest BCUT2D eigenvalue weighted by Crippen LogP contribution is -2.37. The third-order valence-corrected chi connectivity index (χ3v) is 6.56. The predicted molar refractivity (Wildman–Crippen MR) is 103 cm³/mol. The number of aryl methyl sites for hydroxylation is 1. The maximum Gasteiger partial charge on any atom is 0.144 e. The Bertz CT molecular complexity index is 880. The zero-order chi connectivity index (χ0) is 17.2. The van der Waals surface area contributed by atoms with Gasteiger partial charge in [-0.3, -0.25) is 4.21 Å². The van der Waals surface area contributed by atoms with Crippen molar-refractivity contribution >= 4 is 27.8 Å². The molecule has 1 aliphatic heterocycles. The van der Waals surface area contributed by atoms with Crippen LogP contribution in [0.15, 0.2) is 42.6 Å². The number of hydrogen-bond donors (Lipinski definition) is 0. The first kappa shape index (κ1) is 16.4. The second-order valence-electron chi connectivity index (χ2n) is 5.97. The molecule has 0 bridgehead atoms. The molecule has 1 fully saturated rings. The summed E-state index contributed by atoms with van der Waals surface area (Å²) in [5, 5.41) is 9.18. The molecule has 0 unspecified atom stereocenters. The molecule has 0 radical (unpaired) electrons. The number of nitrogens with zero attached hydrogens (tertiary/aromatic N) is 4. The van der Waals surface area contributed by atoms with Crippen LogP contribution in [0.2, 0.25) is 0 Å². The van der Waals surface area contributed by atoms with E-state index in [4.69, 9.17) is 0 Å². The Morgan fingerprint density at radius 2 is 1.80 bits per heavy atom. The summed E-state index contributed by atoms with van der Waals surface area (Å²) in [5.41, 5.74) is 4.04. The van der Waals surface area contributed by atoms with Crippen LogP contribution in [-0.2, 0) is 10.8 Å². The Morgan fingerprint density at radius 1 is 1.04 bits per heavy atom. The molecular formula is C18H18N4OS2. The van der Waals surface area contributed by atoms with E-state index in [0.29, 0.717) is 0 Å². The minimum absolute atomic E-state index is 0.645. The van der Waals surface area contributed by atoms with E-state index in [1.54, 1.807) is 11.3 Å². The molecule has 0 N–H and O–H groups in total. The van der Waals surface area contributed by atoms with Crippen LogP contribution < -0.4 is 4.90 Å². The number of anilines is 1. The highest BCUT2D eigenvalue weighted by Crippen LogP contribution is 2.32. The van der Waals surface area contributed by atoms with Crippen molar-refractivity contribution in [3.63, 3.8) is 0 Å². The molecule has 2 aromatic heterocycles. The van der Waals surface area contributed by atoms with Crippen LogP contribution in [0.25, 0.3) is 21.1 Å². The highest BCUT2D eigenvalue weighted by molar-refractivity contribution is 7.85. The molecule has 1 aromatic carbocycles. The van der Waals surface area contributed by atoms with Crippen molar-refractivity contribution in [2.45, 2.75) is 6.92 Å². The van der Waals surface area contributed by atoms with Crippen molar-refractivity contribution in [2.24, 2.45) is 0 Å². The smallest absolute Gasteiger partial charge is 0.144 e. The summed E-state index contributed by atoms with van der Waals surface area (Å²) in [6.07, 6.45) is 1.89. The highest BCUT2D eigenvalue weighted by atomic mass is 32.2. The maximum atomic E-state index is 11.5. The van der Waals surface area contributed by atoms with E-state index in [1.165, 1.54) is 5.69 Å². The summed E-state index contributed by atoms with van der Waals surface area (Å²) >= 11 is 1.62. The van der Waals surface area contributed by atoms with Gasteiger partial charge in [-0.2, -0.15) is 5.10 Å². The molecule has 3 heterocycles. The van der Waals surface area contributed by atoms with E-state index >= 15 is 0 Å². The van der Waals surface area contributed by atoms with Gasteiger partial charge in [0.05, 0.1) is 10.6 Å². The Kier molecular flexibility index (Phi) is 4.59. The van der Waals surface area contributed by atoms with E-state index in [0.717, 1.165) is 51.4 Å². The largest absolute Gasteiger partial charge is 0.370 e. The van der Waals surface area contributed by atoms with Gasteiger partial charge in [-0.05, 0) is 36.8 Å². The fraction of sp³-hybridized carbons (Fsp3) is 0.278. The minimum Gasteiger partial charge on any atom is -0.370 e. The van der Waals surface area contributed by atoms with Gasteiger partial charge in [0.15, 0.2) is 0 Å². The molecule has 1 saturated heterocycles. The molecule has 1 aliphatic rings. The average Bonchev–Trinajstić information content (AvgIpc) is 3.13. The molecule has 4 rings (SSSR count). The number of aromatic nitrogens is 3. The molecule has 0 amide bonds. The quantitative estimate of drug-likeness (QED) is 0.709. The maximum absolute atomic E-state index is 11.5. The van der Waals surface area contributed by atoms with E-state index in [2.05, 4.69) is 44.3 Å². The standard InChI is InChI=1S/C18H18N4OS2/c1-13-2-7-16(21-20-13)18-19-12-17(24-18)14-3-5-15(6-4-14)22-8-10-25(23)11-9-22/h2-7,12H,8-11H2,1H3. The average molecular weight is 371 g/mol. The Morgan fingerprint density at radius 3 is 2.48 bits per heavy atom. The van der Waals surface area contributed by atoms with Gasteiger partial charge in [-0.15, -0.1) is 16.4 Å². The van der Waals surface area contributed by atoms with Crippen LogP contribution in [0, 0.1) is 6.92 Å². The van der Waals surface area contributed by atoms with Crippen LogP contribution in [-0.4, -0.2) is 44.0 Å². The van der Waals surface area contributed by atoms with Gasteiger partial charge in [0.25, 0.3) is 0 Å². The third-order valence-electron chi connectivity index (χ3n) is 4.22. The van der Waals surface area contributed by atoms with Gasteiger partial charge in [0.2, 0.25) is 0 Å². The first-order valence-corrected chi connectivity index (χ1v) is 10.5. The second-order valence-corrected chi connectivity index (χ2v) is 8.70. The van der Waals surface area contributed by atoms with Gasteiger partial charge in [0, 0.05) is 47.3 Å². The van der Waals surface area contributed by atoms with Crippen molar-refractivity contribution in [1.29, 1.82) is 0 Å². The molecule has 0 saturated carbocycles. The van der Waals surface area contributed by atoms with Crippen molar-refractivity contribution in [3.05, 3.63) is 48.3 Å². The lowest BCUT2D eigenvalue weighted by Gasteiger charge is -2.28. The van der Waals surface area contributed by atoms with Crippen molar-refractivity contribution in [3.8, 4) is 21.1 Å². The van der Waals surface area contributed by atoms with Gasteiger partial charge < -0.3 is 4.90 Å². The fourth-order valence-corrected chi connectivity index (χ4v) is 4.71. The molecule has 0 spiro atoms. The van der Waals surface area contributed by atoms with Crippen LogP contribution in [0.5, 0.6) is 0 Å². The highest BCUT2D eigenvalue weighted by Gasteiger charge is 2.15. The summed E-state index contributed by atoms with van der Waals surface area (Å²) in [6.45, 7) is 3.65. The lowest BCUT2D eigenvalue weighted by molar-refractivity contribution is 0.673. The fourth-order valence-electron chi connectivity index (χ4n) is 2.77. The minimum atomic E-state index is -0.645. The zero-order valence-electron chi connectivity index (χ0n) is 13.9. The summed E-state index contributed by atoms with van der Waals surface area (Å²) in [5.74, 6) is 1.52. The topological polar surface area (TPSA) is 59.0 Å². The first-order valence-electron chi connectivity index (χ1n) is 8.16. The van der Waals surface area contributed by atoms with E-state index in [-0.39, 0.29) is 0 Å². The zero-order valence-corrected chi connectivity index (χ0v) is 15.5. The molecule has 7 heteroatoms. The lowest BCUT2D eigenvalue weighted by atomic mass is 10.2.